The Balaban J connectivity index is 1.80. The Labute approximate surface area is 154 Å². The van der Waals surface area contributed by atoms with E-state index in [9.17, 15) is 13.2 Å². The molecule has 1 aliphatic carbocycles. The monoisotopic (exact) mass is 372 g/mol. The van der Waals surface area contributed by atoms with E-state index in [1.54, 1.807) is 24.3 Å². The predicted molar refractivity (Wildman–Crippen MR) is 101 cm³/mol. The summed E-state index contributed by atoms with van der Waals surface area (Å²) >= 11 is 0. The topological polar surface area (TPSA) is 89.3 Å². The van der Waals surface area contributed by atoms with Gasteiger partial charge >= 0.3 is 0 Å². The Morgan fingerprint density at radius 2 is 1.73 bits per heavy atom. The SMILES string of the molecule is NCC1(NC(=O)c2cccc(S(=O)(=O)Cc3ccccc3)c2)CCCC1. The van der Waals surface area contributed by atoms with Gasteiger partial charge in [-0.05, 0) is 36.6 Å². The van der Waals surface area contributed by atoms with E-state index < -0.39 is 9.84 Å². The van der Waals surface area contributed by atoms with Crippen LogP contribution in [-0.4, -0.2) is 26.4 Å². The van der Waals surface area contributed by atoms with E-state index in [1.165, 1.54) is 12.1 Å². The number of hydrogen-bond donors (Lipinski definition) is 2. The van der Waals surface area contributed by atoms with E-state index in [2.05, 4.69) is 5.32 Å². The number of nitrogens with one attached hydrogen (secondary N) is 1. The molecule has 3 rings (SSSR count). The zero-order valence-corrected chi connectivity index (χ0v) is 15.5. The summed E-state index contributed by atoms with van der Waals surface area (Å²) in [7, 11) is -3.52. The molecule has 2 aromatic carbocycles. The fraction of sp³-hybridized carbons (Fsp3) is 0.350. The van der Waals surface area contributed by atoms with Crippen molar-refractivity contribution in [1.82, 2.24) is 5.32 Å². The first-order valence-corrected chi connectivity index (χ1v) is 10.5. The molecule has 0 heterocycles. The standard InChI is InChI=1S/C20H24N2O3S/c21-15-20(11-4-5-12-20)22-19(23)17-9-6-10-18(13-17)26(24,25)14-16-7-2-1-3-8-16/h1-3,6-10,13H,4-5,11-12,14-15,21H2,(H,22,23). The number of hydrogen-bond acceptors (Lipinski definition) is 4. The third-order valence-corrected chi connectivity index (χ3v) is 6.67. The Morgan fingerprint density at radius 3 is 2.38 bits per heavy atom. The van der Waals surface area contributed by atoms with Gasteiger partial charge in [0, 0.05) is 12.1 Å². The van der Waals surface area contributed by atoms with Crippen LogP contribution in [0.5, 0.6) is 0 Å². The summed E-state index contributed by atoms with van der Waals surface area (Å²) in [6.07, 6.45) is 3.81. The summed E-state index contributed by atoms with van der Waals surface area (Å²) in [5.74, 6) is -0.361. The molecular formula is C20H24N2O3S. The molecule has 0 spiro atoms. The summed E-state index contributed by atoms with van der Waals surface area (Å²) in [6.45, 7) is 0.394. The minimum Gasteiger partial charge on any atom is -0.345 e. The Bertz CT molecular complexity index is 873. The van der Waals surface area contributed by atoms with E-state index in [4.69, 9.17) is 5.73 Å². The molecule has 0 unspecified atom stereocenters. The largest absolute Gasteiger partial charge is 0.345 e. The molecule has 138 valence electrons. The van der Waals surface area contributed by atoms with Gasteiger partial charge in [0.1, 0.15) is 0 Å². The van der Waals surface area contributed by atoms with Gasteiger partial charge in [0.15, 0.2) is 9.84 Å². The number of rotatable bonds is 6. The van der Waals surface area contributed by atoms with Crippen LogP contribution in [0.15, 0.2) is 59.5 Å². The summed E-state index contributed by atoms with van der Waals surface area (Å²) in [6, 6.07) is 15.2. The van der Waals surface area contributed by atoms with Gasteiger partial charge < -0.3 is 11.1 Å². The van der Waals surface area contributed by atoms with Crippen LogP contribution in [0.3, 0.4) is 0 Å². The molecular weight excluding hydrogens is 348 g/mol. The lowest BCUT2D eigenvalue weighted by Crippen LogP contribution is -2.51. The van der Waals surface area contributed by atoms with Gasteiger partial charge in [-0.1, -0.05) is 49.2 Å². The van der Waals surface area contributed by atoms with E-state index in [1.807, 2.05) is 18.2 Å². The molecule has 26 heavy (non-hydrogen) atoms. The second kappa shape index (κ2) is 7.60. The number of carbonyl (C=O) groups excluding carboxylic acids is 1. The predicted octanol–water partition coefficient (Wildman–Crippen LogP) is 2.66. The Kier molecular flexibility index (Phi) is 5.44. The van der Waals surface area contributed by atoms with E-state index in [-0.39, 0.29) is 22.1 Å². The van der Waals surface area contributed by atoms with Crippen molar-refractivity contribution in [2.45, 2.75) is 41.9 Å². The molecule has 3 N–H and O–H groups in total. The van der Waals surface area contributed by atoms with Crippen molar-refractivity contribution in [3.8, 4) is 0 Å². The molecule has 0 atom stereocenters. The highest BCUT2D eigenvalue weighted by Crippen LogP contribution is 2.29. The molecule has 2 aromatic rings. The lowest BCUT2D eigenvalue weighted by molar-refractivity contribution is 0.0903. The number of nitrogens with two attached hydrogens (primary N) is 1. The van der Waals surface area contributed by atoms with Gasteiger partial charge in [0.25, 0.3) is 5.91 Å². The average Bonchev–Trinajstić information content (AvgIpc) is 3.11. The third-order valence-electron chi connectivity index (χ3n) is 4.98. The second-order valence-electron chi connectivity index (χ2n) is 6.92. The van der Waals surface area contributed by atoms with Crippen molar-refractivity contribution in [3.63, 3.8) is 0 Å². The fourth-order valence-electron chi connectivity index (χ4n) is 3.45. The van der Waals surface area contributed by atoms with Crippen molar-refractivity contribution in [3.05, 3.63) is 65.7 Å². The molecule has 1 fully saturated rings. The minimum atomic E-state index is -3.52. The van der Waals surface area contributed by atoms with Crippen molar-refractivity contribution in [2.24, 2.45) is 5.73 Å². The first kappa shape index (κ1) is 18.6. The molecule has 0 aromatic heterocycles. The van der Waals surface area contributed by atoms with Crippen molar-refractivity contribution in [2.75, 3.05) is 6.54 Å². The molecule has 0 bridgehead atoms. The molecule has 1 amide bonds. The molecule has 0 saturated heterocycles. The number of carbonyl (C=O) groups is 1. The zero-order valence-electron chi connectivity index (χ0n) is 14.6. The van der Waals surface area contributed by atoms with Crippen LogP contribution in [0, 0.1) is 0 Å². The summed E-state index contributed by atoms with van der Waals surface area (Å²) < 4.78 is 25.4. The molecule has 1 aliphatic rings. The lowest BCUT2D eigenvalue weighted by atomic mass is 9.97. The fourth-order valence-corrected chi connectivity index (χ4v) is 4.84. The van der Waals surface area contributed by atoms with Crippen LogP contribution in [0.1, 0.15) is 41.6 Å². The molecule has 6 heteroatoms. The molecule has 1 saturated carbocycles. The quantitative estimate of drug-likeness (QED) is 0.816. The van der Waals surface area contributed by atoms with Gasteiger partial charge in [-0.25, -0.2) is 8.42 Å². The van der Waals surface area contributed by atoms with Gasteiger partial charge in [-0.15, -0.1) is 0 Å². The van der Waals surface area contributed by atoms with Crippen LogP contribution in [0.4, 0.5) is 0 Å². The van der Waals surface area contributed by atoms with Crippen LogP contribution in [0.25, 0.3) is 0 Å². The van der Waals surface area contributed by atoms with Crippen molar-refractivity contribution < 1.29 is 13.2 Å². The Morgan fingerprint density at radius 1 is 1.04 bits per heavy atom. The van der Waals surface area contributed by atoms with Crippen LogP contribution < -0.4 is 11.1 Å². The first-order valence-electron chi connectivity index (χ1n) is 8.83. The van der Waals surface area contributed by atoms with Gasteiger partial charge in [-0.3, -0.25) is 4.79 Å². The van der Waals surface area contributed by atoms with Gasteiger partial charge in [0.2, 0.25) is 0 Å². The van der Waals surface area contributed by atoms with Crippen LogP contribution in [0.2, 0.25) is 0 Å². The van der Waals surface area contributed by atoms with E-state index in [0.29, 0.717) is 12.1 Å². The second-order valence-corrected chi connectivity index (χ2v) is 8.91. The molecule has 0 radical (unpaired) electrons. The smallest absolute Gasteiger partial charge is 0.251 e. The molecule has 5 nitrogen and oxygen atoms in total. The summed E-state index contributed by atoms with van der Waals surface area (Å²) in [5, 5.41) is 3.03. The number of amides is 1. The summed E-state index contributed by atoms with van der Waals surface area (Å²) in [5.41, 5.74) is 6.57. The zero-order chi connectivity index (χ0) is 18.6. The van der Waals surface area contributed by atoms with Crippen LogP contribution >= 0.6 is 0 Å². The van der Waals surface area contributed by atoms with Crippen molar-refractivity contribution >= 4 is 15.7 Å². The van der Waals surface area contributed by atoms with E-state index in [0.717, 1.165) is 31.2 Å². The highest BCUT2D eigenvalue weighted by Gasteiger charge is 2.34. The van der Waals surface area contributed by atoms with Gasteiger partial charge in [-0.2, -0.15) is 0 Å². The average molecular weight is 372 g/mol. The Hall–Kier alpha value is -2.18. The highest BCUT2D eigenvalue weighted by atomic mass is 32.2. The van der Waals surface area contributed by atoms with Crippen molar-refractivity contribution in [1.29, 1.82) is 0 Å². The van der Waals surface area contributed by atoms with Gasteiger partial charge in [0.05, 0.1) is 16.2 Å². The van der Waals surface area contributed by atoms with Crippen LogP contribution in [-0.2, 0) is 15.6 Å². The molecule has 0 aliphatic heterocycles. The normalized spacial score (nSPS) is 16.3. The number of benzene rings is 2. The number of sulfone groups is 1. The van der Waals surface area contributed by atoms with E-state index >= 15 is 0 Å². The lowest BCUT2D eigenvalue weighted by Gasteiger charge is -2.28. The highest BCUT2D eigenvalue weighted by molar-refractivity contribution is 7.90. The maximum absolute atomic E-state index is 12.7. The minimum absolute atomic E-state index is 0.0916. The maximum Gasteiger partial charge on any atom is 0.251 e. The first-order chi connectivity index (χ1) is 12.4. The third kappa shape index (κ3) is 4.14. The maximum atomic E-state index is 12.7. The summed E-state index contributed by atoms with van der Waals surface area (Å²) in [4.78, 5) is 12.8.